The van der Waals surface area contributed by atoms with Crippen LogP contribution in [0.5, 0.6) is 0 Å². The third kappa shape index (κ3) is 22.1. The molecule has 0 saturated heterocycles. The van der Waals surface area contributed by atoms with E-state index < -0.39 is 0 Å². The summed E-state index contributed by atoms with van der Waals surface area (Å²) in [4.78, 5) is 20.3. The van der Waals surface area contributed by atoms with Crippen LogP contribution in [-0.4, -0.2) is 38.2 Å². The lowest BCUT2D eigenvalue weighted by molar-refractivity contribution is -0.108. The van der Waals surface area contributed by atoms with Crippen molar-refractivity contribution in [1.82, 2.24) is 10.6 Å². The maximum atomic E-state index is 10.2. The molecule has 0 saturated carbocycles. The molecule has 6 heteroatoms. The van der Waals surface area contributed by atoms with Gasteiger partial charge in [-0.1, -0.05) is 32.1 Å². The second-order valence-electron chi connectivity index (χ2n) is 5.43. The summed E-state index contributed by atoms with van der Waals surface area (Å²) in [6.07, 6.45) is 12.1. The number of carbonyl (C=O) groups excluding carboxylic acids is 2. The molecule has 0 radical (unpaired) electrons. The number of halogens is 2. The standard InChI is InChI=1S/C16H32N2O2.2ClH/c1-16(18-13-9-15-20)10-6-4-2-3-5-7-11-17-12-8-14-19;;/h14-18H,2-13H2,1H3;2*1H. The van der Waals surface area contributed by atoms with Gasteiger partial charge in [0.25, 0.3) is 0 Å². The topological polar surface area (TPSA) is 58.2 Å². The molecule has 0 bridgehead atoms. The van der Waals surface area contributed by atoms with Crippen LogP contribution in [-0.2, 0) is 9.59 Å². The molecule has 0 amide bonds. The van der Waals surface area contributed by atoms with Crippen LogP contribution >= 0.6 is 24.8 Å². The molecular weight excluding hydrogens is 323 g/mol. The minimum absolute atomic E-state index is 0. The quantitative estimate of drug-likeness (QED) is 0.329. The second-order valence-corrected chi connectivity index (χ2v) is 5.43. The van der Waals surface area contributed by atoms with Crippen molar-refractivity contribution < 1.29 is 9.59 Å². The molecule has 0 aliphatic carbocycles. The summed E-state index contributed by atoms with van der Waals surface area (Å²) in [6, 6.07) is 0.525. The monoisotopic (exact) mass is 356 g/mol. The summed E-state index contributed by atoms with van der Waals surface area (Å²) in [5.74, 6) is 0. The van der Waals surface area contributed by atoms with Crippen LogP contribution in [0.2, 0.25) is 0 Å². The summed E-state index contributed by atoms with van der Waals surface area (Å²) in [5, 5.41) is 6.62. The maximum absolute atomic E-state index is 10.2. The minimum atomic E-state index is 0. The van der Waals surface area contributed by atoms with E-state index in [0.717, 1.165) is 32.2 Å². The van der Waals surface area contributed by atoms with Crippen LogP contribution in [0.1, 0.15) is 64.7 Å². The van der Waals surface area contributed by atoms with Gasteiger partial charge in [0.05, 0.1) is 0 Å². The van der Waals surface area contributed by atoms with Crippen LogP contribution in [0.15, 0.2) is 0 Å². The van der Waals surface area contributed by atoms with Gasteiger partial charge in [0, 0.05) is 32.0 Å². The van der Waals surface area contributed by atoms with Crippen LogP contribution in [0.4, 0.5) is 0 Å². The fourth-order valence-electron chi connectivity index (χ4n) is 2.18. The minimum Gasteiger partial charge on any atom is -0.316 e. The molecule has 134 valence electrons. The van der Waals surface area contributed by atoms with Gasteiger partial charge < -0.3 is 20.2 Å². The number of carbonyl (C=O) groups is 2. The highest BCUT2D eigenvalue weighted by atomic mass is 35.5. The van der Waals surface area contributed by atoms with Crippen LogP contribution < -0.4 is 10.6 Å². The van der Waals surface area contributed by atoms with Gasteiger partial charge in [-0.3, -0.25) is 0 Å². The van der Waals surface area contributed by atoms with Crippen molar-refractivity contribution in [3.05, 3.63) is 0 Å². The number of nitrogens with one attached hydrogen (secondary N) is 2. The van der Waals surface area contributed by atoms with Crippen molar-refractivity contribution in [2.24, 2.45) is 0 Å². The van der Waals surface area contributed by atoms with Crippen molar-refractivity contribution in [3.8, 4) is 0 Å². The summed E-state index contributed by atoms with van der Waals surface area (Å²) >= 11 is 0. The lowest BCUT2D eigenvalue weighted by atomic mass is 10.1. The van der Waals surface area contributed by atoms with E-state index in [2.05, 4.69) is 17.6 Å². The van der Waals surface area contributed by atoms with Crippen LogP contribution in [0.25, 0.3) is 0 Å². The summed E-state index contributed by atoms with van der Waals surface area (Å²) in [7, 11) is 0. The highest BCUT2D eigenvalue weighted by molar-refractivity contribution is 5.85. The zero-order chi connectivity index (χ0) is 14.9. The average molecular weight is 357 g/mol. The molecule has 0 fully saturated rings. The Morgan fingerprint density at radius 3 is 1.95 bits per heavy atom. The van der Waals surface area contributed by atoms with Crippen molar-refractivity contribution >= 4 is 37.4 Å². The number of aldehydes is 2. The van der Waals surface area contributed by atoms with E-state index in [1.807, 2.05) is 0 Å². The van der Waals surface area contributed by atoms with Crippen molar-refractivity contribution in [1.29, 1.82) is 0 Å². The molecular formula is C16H34Cl2N2O2. The lowest BCUT2D eigenvalue weighted by Gasteiger charge is -2.12. The zero-order valence-corrected chi connectivity index (χ0v) is 15.5. The molecule has 0 aromatic carbocycles. The number of rotatable bonds is 16. The smallest absolute Gasteiger partial charge is 0.121 e. The Kier molecular flexibility index (Phi) is 28.1. The van der Waals surface area contributed by atoms with Gasteiger partial charge in [-0.15, -0.1) is 24.8 Å². The fourth-order valence-corrected chi connectivity index (χ4v) is 2.18. The number of unbranched alkanes of at least 4 members (excludes halogenated alkanes) is 5. The highest BCUT2D eigenvalue weighted by Crippen LogP contribution is 2.08. The third-order valence-electron chi connectivity index (χ3n) is 3.43. The summed E-state index contributed by atoms with van der Waals surface area (Å²) < 4.78 is 0. The molecule has 1 atom stereocenters. The molecule has 0 heterocycles. The average Bonchev–Trinajstić information content (AvgIpc) is 2.45. The predicted octanol–water partition coefficient (Wildman–Crippen LogP) is 3.31. The first-order chi connectivity index (χ1) is 9.81. The Morgan fingerprint density at radius 2 is 1.32 bits per heavy atom. The van der Waals surface area contributed by atoms with Gasteiger partial charge in [-0.05, 0) is 26.3 Å². The van der Waals surface area contributed by atoms with Gasteiger partial charge in [0.15, 0.2) is 0 Å². The largest absolute Gasteiger partial charge is 0.316 e. The zero-order valence-electron chi connectivity index (χ0n) is 13.9. The molecule has 22 heavy (non-hydrogen) atoms. The van der Waals surface area contributed by atoms with E-state index in [4.69, 9.17) is 0 Å². The van der Waals surface area contributed by atoms with Gasteiger partial charge in [-0.25, -0.2) is 0 Å². The Hall–Kier alpha value is -0.160. The summed E-state index contributed by atoms with van der Waals surface area (Å²) in [6.45, 7) is 4.85. The van der Waals surface area contributed by atoms with Gasteiger partial charge in [0.2, 0.25) is 0 Å². The Labute approximate surface area is 148 Å². The van der Waals surface area contributed by atoms with E-state index in [1.165, 1.54) is 44.9 Å². The van der Waals surface area contributed by atoms with Crippen molar-refractivity contribution in [2.75, 3.05) is 19.6 Å². The molecule has 4 nitrogen and oxygen atoms in total. The first-order valence-corrected chi connectivity index (χ1v) is 8.12. The van der Waals surface area contributed by atoms with E-state index >= 15 is 0 Å². The van der Waals surface area contributed by atoms with Crippen LogP contribution in [0, 0.1) is 0 Å². The Morgan fingerprint density at radius 1 is 0.773 bits per heavy atom. The highest BCUT2D eigenvalue weighted by Gasteiger charge is 2.00. The van der Waals surface area contributed by atoms with Crippen molar-refractivity contribution in [3.63, 3.8) is 0 Å². The van der Waals surface area contributed by atoms with Gasteiger partial charge >= 0.3 is 0 Å². The molecule has 0 aromatic heterocycles. The van der Waals surface area contributed by atoms with E-state index in [0.29, 0.717) is 18.9 Å². The summed E-state index contributed by atoms with van der Waals surface area (Å²) in [5.41, 5.74) is 0. The molecule has 0 rings (SSSR count). The number of hydrogen-bond acceptors (Lipinski definition) is 4. The van der Waals surface area contributed by atoms with Crippen molar-refractivity contribution in [2.45, 2.75) is 70.8 Å². The Balaban J connectivity index is -0.00000180. The normalized spacial score (nSPS) is 11.1. The lowest BCUT2D eigenvalue weighted by Crippen LogP contribution is -2.27. The molecule has 0 aliphatic rings. The van der Waals surface area contributed by atoms with Gasteiger partial charge in [0.1, 0.15) is 12.6 Å². The van der Waals surface area contributed by atoms with E-state index in [1.54, 1.807) is 0 Å². The predicted molar refractivity (Wildman–Crippen MR) is 98.5 cm³/mol. The first-order valence-electron chi connectivity index (χ1n) is 8.12. The first kappa shape index (κ1) is 26.7. The van der Waals surface area contributed by atoms with Gasteiger partial charge in [-0.2, -0.15) is 0 Å². The van der Waals surface area contributed by atoms with E-state index in [-0.39, 0.29) is 24.8 Å². The Bertz CT molecular complexity index is 232. The number of hydrogen-bond donors (Lipinski definition) is 2. The van der Waals surface area contributed by atoms with E-state index in [9.17, 15) is 9.59 Å². The maximum Gasteiger partial charge on any atom is 0.121 e. The third-order valence-corrected chi connectivity index (χ3v) is 3.43. The van der Waals surface area contributed by atoms with Crippen LogP contribution in [0.3, 0.4) is 0 Å². The second kappa shape index (κ2) is 23.1. The molecule has 1 unspecified atom stereocenters. The molecule has 0 aromatic rings. The molecule has 0 aliphatic heterocycles. The SMILES string of the molecule is CC(CCCCCCCCNCCC=O)NCCC=O.Cl.Cl. The molecule has 2 N–H and O–H groups in total. The molecule has 0 spiro atoms. The fraction of sp³-hybridized carbons (Fsp3) is 0.875.